The molecule has 0 spiro atoms. The van der Waals surface area contributed by atoms with E-state index in [9.17, 15) is 0 Å². The molecule has 0 nitrogen and oxygen atoms in total. The predicted molar refractivity (Wildman–Crippen MR) is 233 cm³/mol. The summed E-state index contributed by atoms with van der Waals surface area (Å²) in [5.74, 6) is 0. The normalized spacial score (nSPS) is 11.7. The molecule has 11 rings (SSSR count). The van der Waals surface area contributed by atoms with Crippen LogP contribution in [0.3, 0.4) is 0 Å². The second kappa shape index (κ2) is 12.3. The zero-order chi connectivity index (χ0) is 35.6. The van der Waals surface area contributed by atoms with Gasteiger partial charge in [0.15, 0.2) is 0 Å². The quantitative estimate of drug-likeness (QED) is 0.128. The van der Waals surface area contributed by atoms with Crippen LogP contribution in [0.2, 0.25) is 0 Å². The molecule has 11 aromatic carbocycles. The van der Waals surface area contributed by atoms with Crippen molar-refractivity contribution in [2.24, 2.45) is 0 Å². The third kappa shape index (κ3) is 4.78. The summed E-state index contributed by atoms with van der Waals surface area (Å²) in [4.78, 5) is 0. The summed E-state index contributed by atoms with van der Waals surface area (Å²) in [7, 11) is 0. The summed E-state index contributed by atoms with van der Waals surface area (Å²) in [5, 5.41) is 15.2. The van der Waals surface area contributed by atoms with E-state index >= 15 is 0 Å². The van der Waals surface area contributed by atoms with Gasteiger partial charge in [0.05, 0.1) is 0 Å². The molecule has 11 aromatic rings. The van der Waals surface area contributed by atoms with Crippen LogP contribution in [0.5, 0.6) is 0 Å². The van der Waals surface area contributed by atoms with Gasteiger partial charge in [-0.25, -0.2) is 0 Å². The number of hydrogen-bond acceptors (Lipinski definition) is 0. The van der Waals surface area contributed by atoms with E-state index in [2.05, 4.69) is 206 Å². The van der Waals surface area contributed by atoms with E-state index in [4.69, 9.17) is 0 Å². The molecule has 0 aliphatic heterocycles. The van der Waals surface area contributed by atoms with Crippen molar-refractivity contribution in [2.75, 3.05) is 0 Å². The Morgan fingerprint density at radius 2 is 0.593 bits per heavy atom. The smallest absolute Gasteiger partial charge is 0.00199 e. The first-order valence-corrected chi connectivity index (χ1v) is 18.8. The topological polar surface area (TPSA) is 0 Å². The third-order valence-electron chi connectivity index (χ3n) is 11.4. The largest absolute Gasteiger partial charge is 0.0616 e. The minimum absolute atomic E-state index is 1.21. The fraction of sp³-hybridized carbons (Fsp3) is 0. The van der Waals surface area contributed by atoms with Crippen LogP contribution in [0, 0.1) is 0 Å². The van der Waals surface area contributed by atoms with Crippen LogP contribution in [0.15, 0.2) is 206 Å². The lowest BCUT2D eigenvalue weighted by Gasteiger charge is -2.21. The van der Waals surface area contributed by atoms with E-state index in [0.29, 0.717) is 0 Å². The first-order valence-electron chi connectivity index (χ1n) is 18.8. The summed E-state index contributed by atoms with van der Waals surface area (Å²) in [6.45, 7) is 0. The molecule has 0 aromatic heterocycles. The van der Waals surface area contributed by atoms with Crippen molar-refractivity contribution in [1.29, 1.82) is 0 Å². The van der Waals surface area contributed by atoms with E-state index in [1.54, 1.807) is 0 Å². The molecule has 0 N–H and O–H groups in total. The van der Waals surface area contributed by atoms with Crippen molar-refractivity contribution >= 4 is 64.6 Å². The molecule has 0 fully saturated rings. The highest BCUT2D eigenvalue weighted by Crippen LogP contribution is 2.48. The van der Waals surface area contributed by atoms with Gasteiger partial charge in [-0.1, -0.05) is 188 Å². The summed E-state index contributed by atoms with van der Waals surface area (Å²) in [6.07, 6.45) is 0. The first kappa shape index (κ1) is 30.6. The maximum atomic E-state index is 2.43. The molecule has 0 aliphatic rings. The Morgan fingerprint density at radius 3 is 1.20 bits per heavy atom. The fourth-order valence-electron chi connectivity index (χ4n) is 8.97. The molecule has 0 saturated heterocycles. The maximum Gasteiger partial charge on any atom is -0.00199 e. The second-order valence-corrected chi connectivity index (χ2v) is 14.4. The lowest BCUT2D eigenvalue weighted by molar-refractivity contribution is 1.61. The number of benzene rings is 11. The summed E-state index contributed by atoms with van der Waals surface area (Å²) in [5.41, 5.74) is 10.00. The van der Waals surface area contributed by atoms with Gasteiger partial charge in [-0.15, -0.1) is 0 Å². The van der Waals surface area contributed by atoms with Gasteiger partial charge in [0.2, 0.25) is 0 Å². The fourth-order valence-corrected chi connectivity index (χ4v) is 8.97. The van der Waals surface area contributed by atoms with Crippen molar-refractivity contribution in [3.05, 3.63) is 206 Å². The summed E-state index contributed by atoms with van der Waals surface area (Å²) < 4.78 is 0. The minimum Gasteiger partial charge on any atom is -0.0616 e. The molecule has 0 saturated carbocycles. The second-order valence-electron chi connectivity index (χ2n) is 14.4. The number of hydrogen-bond donors (Lipinski definition) is 0. The summed E-state index contributed by atoms with van der Waals surface area (Å²) in [6, 6.07) is 76.1. The maximum absolute atomic E-state index is 2.43. The molecule has 0 heterocycles. The van der Waals surface area contributed by atoms with Crippen molar-refractivity contribution in [1.82, 2.24) is 0 Å². The van der Waals surface area contributed by atoms with E-state index in [0.717, 1.165) is 0 Å². The Kier molecular flexibility index (Phi) is 6.97. The molecule has 0 aliphatic carbocycles. The van der Waals surface area contributed by atoms with Crippen LogP contribution in [0.1, 0.15) is 0 Å². The Bertz CT molecular complexity index is 3190. The molecule has 0 bridgehead atoms. The standard InChI is InChI=1S/C54H34/c1-4-18-41-36(14-1)17-13-27-42(41)37-30-28-35(29-31-37)40-32-38-15-2-6-20-44(38)51(34-40)53-47-23-9-11-25-49(47)54(50-26-12-10-24-48(50)53)52-33-39-16-3-5-19-43(39)45-21-7-8-22-46(45)52/h1-34H. The van der Waals surface area contributed by atoms with Gasteiger partial charge in [0.1, 0.15) is 0 Å². The molecular formula is C54H34. The lowest BCUT2D eigenvalue weighted by atomic mass is 9.82. The monoisotopic (exact) mass is 682 g/mol. The molecule has 0 amide bonds. The average molecular weight is 683 g/mol. The Morgan fingerprint density at radius 1 is 0.185 bits per heavy atom. The van der Waals surface area contributed by atoms with Gasteiger partial charge >= 0.3 is 0 Å². The van der Waals surface area contributed by atoms with Gasteiger partial charge in [-0.05, 0) is 127 Å². The molecule has 0 unspecified atom stereocenters. The number of fused-ring (bicyclic) bond motifs is 7. The first-order chi connectivity index (χ1) is 26.8. The number of rotatable bonds is 4. The van der Waals surface area contributed by atoms with E-state index in [1.807, 2.05) is 0 Å². The zero-order valence-corrected chi connectivity index (χ0v) is 29.6. The van der Waals surface area contributed by atoms with Crippen LogP contribution >= 0.6 is 0 Å². The van der Waals surface area contributed by atoms with Crippen molar-refractivity contribution in [3.8, 4) is 44.5 Å². The SMILES string of the molecule is c1ccc2c(-c3ccc(-c4cc(-c5c6ccccc6c(-c6cc7ccccc7c7ccccc67)c6ccccc56)c5ccccc5c4)cc3)cccc2c1. The minimum atomic E-state index is 1.21. The van der Waals surface area contributed by atoms with Gasteiger partial charge in [-0.3, -0.25) is 0 Å². The van der Waals surface area contributed by atoms with Crippen LogP contribution in [0.25, 0.3) is 109 Å². The lowest BCUT2D eigenvalue weighted by Crippen LogP contribution is -1.93. The molecule has 250 valence electrons. The van der Waals surface area contributed by atoms with Crippen LogP contribution < -0.4 is 0 Å². The molecular weight excluding hydrogens is 649 g/mol. The average Bonchev–Trinajstić information content (AvgIpc) is 3.25. The molecule has 0 radical (unpaired) electrons. The van der Waals surface area contributed by atoms with E-state index < -0.39 is 0 Å². The highest BCUT2D eigenvalue weighted by Gasteiger charge is 2.20. The highest BCUT2D eigenvalue weighted by molar-refractivity contribution is 6.27. The molecule has 54 heavy (non-hydrogen) atoms. The highest BCUT2D eigenvalue weighted by atomic mass is 14.2. The Balaban J connectivity index is 1.17. The molecule has 0 atom stereocenters. The summed E-state index contributed by atoms with van der Waals surface area (Å²) >= 11 is 0. The van der Waals surface area contributed by atoms with Crippen molar-refractivity contribution in [3.63, 3.8) is 0 Å². The van der Waals surface area contributed by atoms with Crippen LogP contribution in [0.4, 0.5) is 0 Å². The van der Waals surface area contributed by atoms with E-state index in [-0.39, 0.29) is 0 Å². The third-order valence-corrected chi connectivity index (χ3v) is 11.4. The predicted octanol–water partition coefficient (Wildman–Crippen LogP) is 15.3. The van der Waals surface area contributed by atoms with Gasteiger partial charge in [-0.2, -0.15) is 0 Å². The van der Waals surface area contributed by atoms with Gasteiger partial charge in [0.25, 0.3) is 0 Å². The molecule has 0 heteroatoms. The zero-order valence-electron chi connectivity index (χ0n) is 29.6. The van der Waals surface area contributed by atoms with Gasteiger partial charge < -0.3 is 0 Å². The van der Waals surface area contributed by atoms with Crippen molar-refractivity contribution < 1.29 is 0 Å². The van der Waals surface area contributed by atoms with E-state index in [1.165, 1.54) is 109 Å². The van der Waals surface area contributed by atoms with Crippen LogP contribution in [-0.4, -0.2) is 0 Å². The van der Waals surface area contributed by atoms with Crippen molar-refractivity contribution in [2.45, 2.75) is 0 Å². The Hall–Kier alpha value is -7.02. The van der Waals surface area contributed by atoms with Crippen LogP contribution in [-0.2, 0) is 0 Å². The van der Waals surface area contributed by atoms with Gasteiger partial charge in [0, 0.05) is 0 Å². The Labute approximate surface area is 314 Å².